The Labute approximate surface area is 163 Å². The van der Waals surface area contributed by atoms with Gasteiger partial charge in [-0.25, -0.2) is 0 Å². The second kappa shape index (κ2) is 6.76. The van der Waals surface area contributed by atoms with Crippen LogP contribution in [-0.4, -0.2) is 37.5 Å². The SMILES string of the molecule is CN(C)c1ccc([C@H]2N(c3ccc(Cl)c(Cl)c3)C(=O)[C@@H]3CCCN32)cc1. The molecular weight excluding hydrogens is 369 g/mol. The Morgan fingerprint density at radius 2 is 1.77 bits per heavy atom. The van der Waals surface area contributed by atoms with Crippen LogP contribution in [0.4, 0.5) is 11.4 Å². The zero-order valence-electron chi connectivity index (χ0n) is 14.8. The van der Waals surface area contributed by atoms with Crippen LogP contribution >= 0.6 is 23.2 Å². The van der Waals surface area contributed by atoms with E-state index in [-0.39, 0.29) is 18.1 Å². The first-order valence-electron chi connectivity index (χ1n) is 8.78. The molecule has 0 aliphatic carbocycles. The summed E-state index contributed by atoms with van der Waals surface area (Å²) in [5, 5.41) is 0.959. The van der Waals surface area contributed by atoms with E-state index in [1.165, 1.54) is 0 Å². The Hall–Kier alpha value is -1.75. The van der Waals surface area contributed by atoms with Crippen molar-refractivity contribution in [3.05, 3.63) is 58.1 Å². The first kappa shape index (κ1) is 17.7. The monoisotopic (exact) mass is 389 g/mol. The van der Waals surface area contributed by atoms with Gasteiger partial charge in [0, 0.05) is 32.0 Å². The number of amides is 1. The maximum absolute atomic E-state index is 13.1. The molecule has 2 aliphatic heterocycles. The summed E-state index contributed by atoms with van der Waals surface area (Å²) in [6, 6.07) is 13.8. The average Bonchev–Trinajstić information content (AvgIpc) is 3.20. The Morgan fingerprint density at radius 1 is 1.04 bits per heavy atom. The van der Waals surface area contributed by atoms with E-state index in [1.807, 2.05) is 25.1 Å². The summed E-state index contributed by atoms with van der Waals surface area (Å²) < 4.78 is 0. The van der Waals surface area contributed by atoms with Crippen molar-refractivity contribution in [1.29, 1.82) is 0 Å². The summed E-state index contributed by atoms with van der Waals surface area (Å²) in [5.41, 5.74) is 3.04. The van der Waals surface area contributed by atoms with E-state index in [2.05, 4.69) is 34.1 Å². The van der Waals surface area contributed by atoms with Crippen molar-refractivity contribution >= 4 is 40.5 Å². The summed E-state index contributed by atoms with van der Waals surface area (Å²) in [4.78, 5) is 19.4. The molecule has 0 N–H and O–H groups in total. The number of benzene rings is 2. The molecule has 1 amide bonds. The molecule has 4 nitrogen and oxygen atoms in total. The predicted molar refractivity (Wildman–Crippen MR) is 107 cm³/mol. The Kier molecular flexibility index (Phi) is 4.59. The normalized spacial score (nSPS) is 22.8. The van der Waals surface area contributed by atoms with Crippen molar-refractivity contribution < 1.29 is 4.79 Å². The molecule has 2 saturated heterocycles. The number of rotatable bonds is 3. The highest BCUT2D eigenvalue weighted by molar-refractivity contribution is 6.42. The minimum absolute atomic E-state index is 0.0528. The van der Waals surface area contributed by atoms with Crippen LogP contribution < -0.4 is 9.80 Å². The Balaban J connectivity index is 1.77. The van der Waals surface area contributed by atoms with Crippen LogP contribution in [0.5, 0.6) is 0 Å². The third kappa shape index (κ3) is 2.86. The predicted octanol–water partition coefficient (Wildman–Crippen LogP) is 4.57. The molecule has 2 fully saturated rings. The van der Waals surface area contributed by atoms with E-state index >= 15 is 0 Å². The van der Waals surface area contributed by atoms with E-state index in [0.29, 0.717) is 10.0 Å². The van der Waals surface area contributed by atoms with Gasteiger partial charge in [-0.3, -0.25) is 14.6 Å². The van der Waals surface area contributed by atoms with Crippen LogP contribution in [0.2, 0.25) is 10.0 Å². The molecular formula is C20H21Cl2N3O. The Morgan fingerprint density at radius 3 is 2.42 bits per heavy atom. The highest BCUT2D eigenvalue weighted by Crippen LogP contribution is 2.43. The van der Waals surface area contributed by atoms with Crippen molar-refractivity contribution in [2.24, 2.45) is 0 Å². The largest absolute Gasteiger partial charge is 0.378 e. The fourth-order valence-corrected chi connectivity index (χ4v) is 4.26. The van der Waals surface area contributed by atoms with Gasteiger partial charge in [0.2, 0.25) is 5.91 Å². The number of carbonyl (C=O) groups is 1. The molecule has 0 bridgehead atoms. The standard InChI is InChI=1S/C20H21Cl2N3O/c1-23(2)14-7-5-13(6-8-14)19-24-11-3-4-18(24)20(26)25(19)15-9-10-16(21)17(22)12-15/h5-10,12,18-19H,3-4,11H2,1-2H3/t18-,19+/m0/s1. The van der Waals surface area contributed by atoms with Crippen LogP contribution in [0, 0.1) is 0 Å². The number of fused-ring (bicyclic) bond motifs is 1. The molecule has 6 heteroatoms. The highest BCUT2D eigenvalue weighted by atomic mass is 35.5. The minimum Gasteiger partial charge on any atom is -0.378 e. The summed E-state index contributed by atoms with van der Waals surface area (Å²) in [5.74, 6) is 0.141. The molecule has 26 heavy (non-hydrogen) atoms. The number of nitrogens with zero attached hydrogens (tertiary/aromatic N) is 3. The first-order valence-corrected chi connectivity index (χ1v) is 9.54. The zero-order chi connectivity index (χ0) is 18.4. The summed E-state index contributed by atoms with van der Waals surface area (Å²) in [6.45, 7) is 0.925. The third-order valence-electron chi connectivity index (χ3n) is 5.26. The van der Waals surface area contributed by atoms with Gasteiger partial charge in [0.05, 0.1) is 16.1 Å². The Bertz CT molecular complexity index is 837. The van der Waals surface area contributed by atoms with Gasteiger partial charge in [-0.1, -0.05) is 35.3 Å². The molecule has 0 unspecified atom stereocenters. The van der Waals surface area contributed by atoms with E-state index in [9.17, 15) is 4.79 Å². The molecule has 2 aromatic carbocycles. The van der Waals surface area contributed by atoms with E-state index < -0.39 is 0 Å². The van der Waals surface area contributed by atoms with Crippen molar-refractivity contribution in [2.75, 3.05) is 30.4 Å². The molecule has 2 atom stereocenters. The number of halogens is 2. The lowest BCUT2D eigenvalue weighted by Gasteiger charge is -2.30. The molecule has 2 aromatic rings. The van der Waals surface area contributed by atoms with Crippen LogP contribution in [0.3, 0.4) is 0 Å². The van der Waals surface area contributed by atoms with Crippen molar-refractivity contribution in [3.63, 3.8) is 0 Å². The third-order valence-corrected chi connectivity index (χ3v) is 6.00. The first-order chi connectivity index (χ1) is 12.5. The molecule has 0 spiro atoms. The lowest BCUT2D eigenvalue weighted by molar-refractivity contribution is -0.119. The van der Waals surface area contributed by atoms with Gasteiger partial charge in [-0.15, -0.1) is 0 Å². The number of hydrogen-bond acceptors (Lipinski definition) is 3. The van der Waals surface area contributed by atoms with Gasteiger partial charge in [0.25, 0.3) is 0 Å². The minimum atomic E-state index is -0.108. The maximum atomic E-state index is 13.1. The van der Waals surface area contributed by atoms with Gasteiger partial charge in [-0.2, -0.15) is 0 Å². The smallest absolute Gasteiger partial charge is 0.246 e. The van der Waals surface area contributed by atoms with E-state index in [1.54, 1.807) is 12.1 Å². The topological polar surface area (TPSA) is 26.8 Å². The maximum Gasteiger partial charge on any atom is 0.246 e. The fourth-order valence-electron chi connectivity index (χ4n) is 3.96. The molecule has 2 heterocycles. The molecule has 0 aromatic heterocycles. The second-order valence-corrected chi connectivity index (χ2v) is 7.88. The lowest BCUT2D eigenvalue weighted by Crippen LogP contribution is -2.32. The fraction of sp³-hybridized carbons (Fsp3) is 0.350. The van der Waals surface area contributed by atoms with Crippen molar-refractivity contribution in [2.45, 2.75) is 25.0 Å². The van der Waals surface area contributed by atoms with Gasteiger partial charge >= 0.3 is 0 Å². The van der Waals surface area contributed by atoms with Gasteiger partial charge in [-0.05, 0) is 48.7 Å². The van der Waals surface area contributed by atoms with Gasteiger partial charge < -0.3 is 4.90 Å². The van der Waals surface area contributed by atoms with Gasteiger partial charge in [0.15, 0.2) is 0 Å². The summed E-state index contributed by atoms with van der Waals surface area (Å²) in [6.07, 6.45) is 1.85. The van der Waals surface area contributed by atoms with Crippen LogP contribution in [0.25, 0.3) is 0 Å². The highest BCUT2D eigenvalue weighted by Gasteiger charge is 2.49. The molecule has 0 radical (unpaired) electrons. The van der Waals surface area contributed by atoms with Crippen LogP contribution in [-0.2, 0) is 4.79 Å². The lowest BCUT2D eigenvalue weighted by atomic mass is 10.1. The second-order valence-electron chi connectivity index (χ2n) is 7.06. The van der Waals surface area contributed by atoms with Crippen LogP contribution in [0.15, 0.2) is 42.5 Å². The number of hydrogen-bond donors (Lipinski definition) is 0. The van der Waals surface area contributed by atoms with Crippen molar-refractivity contribution in [3.8, 4) is 0 Å². The van der Waals surface area contributed by atoms with Crippen LogP contribution in [0.1, 0.15) is 24.6 Å². The molecule has 136 valence electrons. The van der Waals surface area contributed by atoms with Crippen molar-refractivity contribution in [1.82, 2.24) is 4.90 Å². The molecule has 2 aliphatic rings. The summed E-state index contributed by atoms with van der Waals surface area (Å²) >= 11 is 12.3. The molecule has 0 saturated carbocycles. The van der Waals surface area contributed by atoms with Gasteiger partial charge in [0.1, 0.15) is 6.17 Å². The number of anilines is 2. The molecule has 4 rings (SSSR count). The number of carbonyl (C=O) groups excluding carboxylic acids is 1. The van der Waals surface area contributed by atoms with E-state index in [4.69, 9.17) is 23.2 Å². The van der Waals surface area contributed by atoms with E-state index in [0.717, 1.165) is 36.3 Å². The average molecular weight is 390 g/mol. The zero-order valence-corrected chi connectivity index (χ0v) is 16.3. The quantitative estimate of drug-likeness (QED) is 0.768. The summed E-state index contributed by atoms with van der Waals surface area (Å²) in [7, 11) is 4.04.